The summed E-state index contributed by atoms with van der Waals surface area (Å²) in [6.45, 7) is 2.18. The van der Waals surface area contributed by atoms with Crippen LogP contribution in [0.4, 0.5) is 0 Å². The zero-order chi connectivity index (χ0) is 17.0. The Hall–Kier alpha value is -1.43. The van der Waals surface area contributed by atoms with E-state index in [4.69, 9.17) is 15.9 Å². The van der Waals surface area contributed by atoms with Crippen molar-refractivity contribution in [2.45, 2.75) is 83.1 Å². The number of ketones is 1. The monoisotopic (exact) mass is 315 g/mol. The number of nitrogens with two attached hydrogens (primary N) is 1. The van der Waals surface area contributed by atoms with Gasteiger partial charge in [0.2, 0.25) is 0 Å². The molecule has 0 aliphatic carbocycles. The molecule has 1 atom stereocenters. The molecule has 0 aromatic rings. The van der Waals surface area contributed by atoms with Gasteiger partial charge in [0.1, 0.15) is 0 Å². The van der Waals surface area contributed by atoms with Crippen LogP contribution in [0.1, 0.15) is 77.6 Å². The first kappa shape index (κ1) is 20.6. The zero-order valence-electron chi connectivity index (χ0n) is 13.5. The Kier molecular flexibility index (Phi) is 10.5. The van der Waals surface area contributed by atoms with Crippen LogP contribution in [0.15, 0.2) is 0 Å². The number of hydrogen-bond acceptors (Lipinski definition) is 4. The molecule has 6 heteroatoms. The molecule has 0 saturated heterocycles. The van der Waals surface area contributed by atoms with Crippen LogP contribution >= 0.6 is 0 Å². The standard InChI is InChI=1S/C16H29NO5/c1-2-3-4-5-6-7-8-9-10-11-13(18)16(17,15(21)22)12-14(19)20/h2-12,17H2,1H3,(H,19,20)(H,21,22)/t16-/m1/s1. The van der Waals surface area contributed by atoms with Gasteiger partial charge < -0.3 is 15.9 Å². The Morgan fingerprint density at radius 3 is 1.73 bits per heavy atom. The van der Waals surface area contributed by atoms with E-state index in [0.717, 1.165) is 19.3 Å². The number of Topliss-reactive ketones (excluding diaryl/α,β-unsaturated/α-hetero) is 1. The number of aliphatic carboxylic acids is 2. The molecule has 0 radical (unpaired) electrons. The lowest BCUT2D eigenvalue weighted by Gasteiger charge is -2.21. The van der Waals surface area contributed by atoms with Crippen LogP contribution in [0.2, 0.25) is 0 Å². The zero-order valence-corrected chi connectivity index (χ0v) is 13.5. The van der Waals surface area contributed by atoms with E-state index in [1.807, 2.05) is 0 Å². The van der Waals surface area contributed by atoms with Gasteiger partial charge in [-0.2, -0.15) is 0 Å². The van der Waals surface area contributed by atoms with Crippen molar-refractivity contribution < 1.29 is 24.6 Å². The van der Waals surface area contributed by atoms with Crippen molar-refractivity contribution in [3.8, 4) is 0 Å². The third kappa shape index (κ3) is 8.12. The molecule has 0 saturated carbocycles. The highest BCUT2D eigenvalue weighted by atomic mass is 16.4. The van der Waals surface area contributed by atoms with E-state index in [0.29, 0.717) is 6.42 Å². The van der Waals surface area contributed by atoms with Crippen molar-refractivity contribution in [1.82, 2.24) is 0 Å². The van der Waals surface area contributed by atoms with Gasteiger partial charge in [0, 0.05) is 6.42 Å². The molecule has 0 unspecified atom stereocenters. The van der Waals surface area contributed by atoms with Gasteiger partial charge in [0.05, 0.1) is 6.42 Å². The second kappa shape index (κ2) is 11.2. The first-order valence-electron chi connectivity index (χ1n) is 8.12. The fourth-order valence-corrected chi connectivity index (χ4v) is 2.35. The van der Waals surface area contributed by atoms with E-state index < -0.39 is 29.7 Å². The van der Waals surface area contributed by atoms with Gasteiger partial charge in [0.15, 0.2) is 11.3 Å². The summed E-state index contributed by atoms with van der Waals surface area (Å²) < 4.78 is 0. The molecular weight excluding hydrogens is 286 g/mol. The minimum Gasteiger partial charge on any atom is -0.481 e. The fourth-order valence-electron chi connectivity index (χ4n) is 2.35. The number of carbonyl (C=O) groups is 3. The molecule has 0 fully saturated rings. The molecule has 0 aromatic heterocycles. The molecule has 0 aliphatic rings. The van der Waals surface area contributed by atoms with Crippen molar-refractivity contribution in [2.75, 3.05) is 0 Å². The van der Waals surface area contributed by atoms with Gasteiger partial charge in [0.25, 0.3) is 0 Å². The van der Waals surface area contributed by atoms with Crippen LogP contribution in [0.3, 0.4) is 0 Å². The Morgan fingerprint density at radius 1 is 0.864 bits per heavy atom. The molecule has 0 amide bonds. The number of unbranched alkanes of at least 4 members (excludes halogenated alkanes) is 8. The lowest BCUT2D eigenvalue weighted by Crippen LogP contribution is -2.56. The molecule has 0 aromatic carbocycles. The molecule has 0 heterocycles. The van der Waals surface area contributed by atoms with Crippen molar-refractivity contribution in [2.24, 2.45) is 5.73 Å². The lowest BCUT2D eigenvalue weighted by molar-refractivity contribution is -0.154. The fraction of sp³-hybridized carbons (Fsp3) is 0.812. The summed E-state index contributed by atoms with van der Waals surface area (Å²) in [6, 6.07) is 0. The summed E-state index contributed by atoms with van der Waals surface area (Å²) in [6.07, 6.45) is 8.82. The molecule has 0 spiro atoms. The summed E-state index contributed by atoms with van der Waals surface area (Å²) in [5, 5.41) is 17.7. The van der Waals surface area contributed by atoms with Gasteiger partial charge in [-0.1, -0.05) is 58.3 Å². The van der Waals surface area contributed by atoms with Gasteiger partial charge >= 0.3 is 11.9 Å². The van der Waals surface area contributed by atoms with E-state index in [2.05, 4.69) is 6.92 Å². The smallest absolute Gasteiger partial charge is 0.332 e. The Bertz CT molecular complexity index is 370. The van der Waals surface area contributed by atoms with Gasteiger partial charge in [-0.3, -0.25) is 9.59 Å². The highest BCUT2D eigenvalue weighted by Gasteiger charge is 2.43. The van der Waals surface area contributed by atoms with E-state index in [9.17, 15) is 14.4 Å². The first-order valence-corrected chi connectivity index (χ1v) is 8.12. The third-order valence-electron chi connectivity index (χ3n) is 3.82. The molecule has 22 heavy (non-hydrogen) atoms. The second-order valence-corrected chi connectivity index (χ2v) is 5.85. The maximum absolute atomic E-state index is 11.9. The van der Waals surface area contributed by atoms with Crippen LogP contribution in [-0.2, 0) is 14.4 Å². The maximum atomic E-state index is 11.9. The number of hydrogen-bond donors (Lipinski definition) is 3. The summed E-state index contributed by atoms with van der Waals surface area (Å²) >= 11 is 0. The number of carboxylic acids is 2. The number of carbonyl (C=O) groups excluding carboxylic acids is 1. The highest BCUT2D eigenvalue weighted by molar-refractivity contribution is 6.09. The summed E-state index contributed by atoms with van der Waals surface area (Å²) in [7, 11) is 0. The molecule has 6 nitrogen and oxygen atoms in total. The molecule has 0 rings (SSSR count). The van der Waals surface area contributed by atoms with Crippen molar-refractivity contribution in [3.63, 3.8) is 0 Å². The van der Waals surface area contributed by atoms with Gasteiger partial charge in [-0.15, -0.1) is 0 Å². The first-order chi connectivity index (χ1) is 10.3. The third-order valence-corrected chi connectivity index (χ3v) is 3.82. The molecule has 0 bridgehead atoms. The Morgan fingerprint density at radius 2 is 1.32 bits per heavy atom. The second-order valence-electron chi connectivity index (χ2n) is 5.85. The van der Waals surface area contributed by atoms with Crippen LogP contribution < -0.4 is 5.73 Å². The van der Waals surface area contributed by atoms with E-state index in [1.54, 1.807) is 0 Å². The molecule has 0 aliphatic heterocycles. The van der Waals surface area contributed by atoms with E-state index in [1.165, 1.54) is 32.1 Å². The maximum Gasteiger partial charge on any atom is 0.332 e. The lowest BCUT2D eigenvalue weighted by atomic mass is 9.88. The average Bonchev–Trinajstić information content (AvgIpc) is 2.44. The highest BCUT2D eigenvalue weighted by Crippen LogP contribution is 2.16. The summed E-state index contributed by atoms with van der Waals surface area (Å²) in [5.74, 6) is -3.66. The number of carboxylic acid groups (broad SMARTS) is 2. The van der Waals surface area contributed by atoms with Crippen molar-refractivity contribution in [3.05, 3.63) is 0 Å². The quantitative estimate of drug-likeness (QED) is 0.335. The van der Waals surface area contributed by atoms with Crippen LogP contribution in [-0.4, -0.2) is 33.5 Å². The number of rotatable bonds is 14. The van der Waals surface area contributed by atoms with E-state index >= 15 is 0 Å². The molecular formula is C16H29NO5. The average molecular weight is 315 g/mol. The summed E-state index contributed by atoms with van der Waals surface area (Å²) in [4.78, 5) is 33.6. The minimum absolute atomic E-state index is 0.0198. The van der Waals surface area contributed by atoms with Crippen molar-refractivity contribution >= 4 is 17.7 Å². The van der Waals surface area contributed by atoms with Crippen LogP contribution in [0.5, 0.6) is 0 Å². The molecule has 128 valence electrons. The molecule has 4 N–H and O–H groups in total. The van der Waals surface area contributed by atoms with Crippen LogP contribution in [0, 0.1) is 0 Å². The Balaban J connectivity index is 3.91. The van der Waals surface area contributed by atoms with Gasteiger partial charge in [-0.25, -0.2) is 4.79 Å². The van der Waals surface area contributed by atoms with Crippen LogP contribution in [0.25, 0.3) is 0 Å². The summed E-state index contributed by atoms with van der Waals surface area (Å²) in [5.41, 5.74) is 3.16. The topological polar surface area (TPSA) is 118 Å². The predicted octanol–water partition coefficient (Wildman–Crippen LogP) is 2.73. The predicted molar refractivity (Wildman–Crippen MR) is 83.7 cm³/mol. The van der Waals surface area contributed by atoms with E-state index in [-0.39, 0.29) is 6.42 Å². The van der Waals surface area contributed by atoms with Gasteiger partial charge in [-0.05, 0) is 6.42 Å². The SMILES string of the molecule is CCCCCCCCCCCC(=O)[C@](N)(CC(=O)O)C(=O)O. The Labute approximate surface area is 132 Å². The van der Waals surface area contributed by atoms with Crippen molar-refractivity contribution in [1.29, 1.82) is 0 Å². The minimum atomic E-state index is -2.30. The largest absolute Gasteiger partial charge is 0.481 e. The normalized spacial score (nSPS) is 13.5.